The van der Waals surface area contributed by atoms with Gasteiger partial charge in [0.05, 0.1) is 6.26 Å². The van der Waals surface area contributed by atoms with Crippen LogP contribution in [0.25, 0.3) is 0 Å². The molecule has 1 saturated carbocycles. The third kappa shape index (κ3) is 3.84. The van der Waals surface area contributed by atoms with E-state index in [1.807, 2.05) is 0 Å². The lowest BCUT2D eigenvalue weighted by atomic mass is 9.77. The van der Waals surface area contributed by atoms with Crippen LogP contribution in [-0.4, -0.2) is 0 Å². The Labute approximate surface area is 126 Å². The van der Waals surface area contributed by atoms with E-state index in [4.69, 9.17) is 4.74 Å². The Kier molecular flexibility index (Phi) is 5.77. The zero-order valence-corrected chi connectivity index (χ0v) is 12.9. The van der Waals surface area contributed by atoms with Crippen LogP contribution in [0.4, 0.5) is 8.78 Å². The minimum Gasteiger partial charge on any atom is -0.462 e. The normalized spacial score (nSPS) is 22.7. The van der Waals surface area contributed by atoms with Gasteiger partial charge in [-0.2, -0.15) is 4.39 Å². The first-order valence-electron chi connectivity index (χ1n) is 7.93. The molecule has 0 saturated heterocycles. The topological polar surface area (TPSA) is 9.23 Å². The van der Waals surface area contributed by atoms with E-state index in [2.05, 4.69) is 6.92 Å². The lowest BCUT2D eigenvalue weighted by Gasteiger charge is -2.29. The largest absolute Gasteiger partial charge is 0.462 e. The lowest BCUT2D eigenvalue weighted by molar-refractivity contribution is 0.302. The molecule has 0 aromatic heterocycles. The molecule has 1 fully saturated rings. The van der Waals surface area contributed by atoms with Crippen molar-refractivity contribution in [3.63, 3.8) is 0 Å². The van der Waals surface area contributed by atoms with Gasteiger partial charge in [-0.25, -0.2) is 4.39 Å². The summed E-state index contributed by atoms with van der Waals surface area (Å²) >= 11 is 0. The van der Waals surface area contributed by atoms with Crippen LogP contribution in [0.1, 0.15) is 63.9 Å². The summed E-state index contributed by atoms with van der Waals surface area (Å²) in [6, 6.07) is 3.22. The molecule has 0 aliphatic heterocycles. The Bertz CT molecular complexity index is 488. The molecule has 2 rings (SSSR count). The van der Waals surface area contributed by atoms with Crippen molar-refractivity contribution in [3.05, 3.63) is 41.7 Å². The molecule has 1 aromatic rings. The van der Waals surface area contributed by atoms with E-state index in [0.29, 0.717) is 5.56 Å². The predicted octanol–water partition coefficient (Wildman–Crippen LogP) is 5.95. The first kappa shape index (κ1) is 16.0. The highest BCUT2D eigenvalue weighted by Crippen LogP contribution is 2.39. The lowest BCUT2D eigenvalue weighted by Crippen LogP contribution is -2.14. The van der Waals surface area contributed by atoms with Gasteiger partial charge in [-0.1, -0.05) is 31.9 Å². The molecule has 3 heteroatoms. The van der Waals surface area contributed by atoms with Gasteiger partial charge < -0.3 is 4.74 Å². The van der Waals surface area contributed by atoms with Gasteiger partial charge in [0.2, 0.25) is 5.82 Å². The molecule has 0 bridgehead atoms. The van der Waals surface area contributed by atoms with Gasteiger partial charge in [-0.3, -0.25) is 0 Å². The van der Waals surface area contributed by atoms with Crippen LogP contribution in [0.15, 0.2) is 24.5 Å². The van der Waals surface area contributed by atoms with Gasteiger partial charge in [-0.15, -0.1) is 0 Å². The van der Waals surface area contributed by atoms with Crippen molar-refractivity contribution >= 4 is 0 Å². The summed E-state index contributed by atoms with van der Waals surface area (Å²) in [4.78, 5) is 0. The van der Waals surface area contributed by atoms with Gasteiger partial charge in [0, 0.05) is 0 Å². The second kappa shape index (κ2) is 7.58. The third-order valence-electron chi connectivity index (χ3n) is 4.39. The van der Waals surface area contributed by atoms with Crippen LogP contribution in [0.5, 0.6) is 5.75 Å². The molecule has 0 heterocycles. The van der Waals surface area contributed by atoms with Crippen molar-refractivity contribution in [2.45, 2.75) is 58.3 Å². The van der Waals surface area contributed by atoms with E-state index in [-0.39, 0.29) is 11.7 Å². The summed E-state index contributed by atoms with van der Waals surface area (Å²) < 4.78 is 33.3. The van der Waals surface area contributed by atoms with E-state index in [9.17, 15) is 8.78 Å². The third-order valence-corrected chi connectivity index (χ3v) is 4.39. The molecule has 116 valence electrons. The summed E-state index contributed by atoms with van der Waals surface area (Å²) in [5, 5.41) is 0. The van der Waals surface area contributed by atoms with Crippen molar-refractivity contribution in [1.82, 2.24) is 0 Å². The van der Waals surface area contributed by atoms with Crippen molar-refractivity contribution < 1.29 is 13.5 Å². The maximum absolute atomic E-state index is 14.2. The molecule has 0 N–H and O–H groups in total. The van der Waals surface area contributed by atoms with Crippen molar-refractivity contribution in [2.75, 3.05) is 0 Å². The van der Waals surface area contributed by atoms with E-state index < -0.39 is 11.6 Å². The summed E-state index contributed by atoms with van der Waals surface area (Å²) in [5.41, 5.74) is 0.510. The Morgan fingerprint density at radius 3 is 2.48 bits per heavy atom. The number of benzene rings is 1. The zero-order chi connectivity index (χ0) is 15.2. The van der Waals surface area contributed by atoms with E-state index in [0.717, 1.165) is 31.6 Å². The van der Waals surface area contributed by atoms with Crippen LogP contribution in [0.2, 0.25) is 0 Å². The van der Waals surface area contributed by atoms with Crippen LogP contribution < -0.4 is 4.74 Å². The highest BCUT2D eigenvalue weighted by molar-refractivity contribution is 5.33. The number of allylic oxidation sites excluding steroid dienone is 1. The average molecular weight is 294 g/mol. The SMILES string of the molecule is CC=COc1ccc(C2CCC(CCC)CC2)c(F)c1F. The fourth-order valence-corrected chi connectivity index (χ4v) is 3.26. The van der Waals surface area contributed by atoms with Gasteiger partial charge in [0.15, 0.2) is 11.6 Å². The summed E-state index contributed by atoms with van der Waals surface area (Å²) in [6.45, 7) is 3.96. The molecule has 0 spiro atoms. The van der Waals surface area contributed by atoms with E-state index in [1.165, 1.54) is 25.2 Å². The molecule has 1 nitrogen and oxygen atoms in total. The molecule has 0 amide bonds. The first-order valence-corrected chi connectivity index (χ1v) is 7.93. The van der Waals surface area contributed by atoms with E-state index in [1.54, 1.807) is 19.1 Å². The Hall–Kier alpha value is -1.38. The smallest absolute Gasteiger partial charge is 0.201 e. The molecule has 0 radical (unpaired) electrons. The molecule has 1 aliphatic rings. The summed E-state index contributed by atoms with van der Waals surface area (Å²) in [7, 11) is 0. The van der Waals surface area contributed by atoms with Crippen LogP contribution in [0.3, 0.4) is 0 Å². The second-order valence-electron chi connectivity index (χ2n) is 5.87. The van der Waals surface area contributed by atoms with Crippen LogP contribution in [0, 0.1) is 17.6 Å². The number of ether oxygens (including phenoxy) is 1. The predicted molar refractivity (Wildman–Crippen MR) is 81.4 cm³/mol. The summed E-state index contributed by atoms with van der Waals surface area (Å²) in [6.07, 6.45) is 9.60. The minimum absolute atomic E-state index is 0.0472. The van der Waals surface area contributed by atoms with E-state index >= 15 is 0 Å². The maximum Gasteiger partial charge on any atom is 0.201 e. The Morgan fingerprint density at radius 1 is 1.14 bits per heavy atom. The molecule has 0 atom stereocenters. The highest BCUT2D eigenvalue weighted by atomic mass is 19.2. The number of hydrogen-bond acceptors (Lipinski definition) is 1. The van der Waals surface area contributed by atoms with Crippen molar-refractivity contribution in [1.29, 1.82) is 0 Å². The first-order chi connectivity index (χ1) is 10.2. The molecular weight excluding hydrogens is 270 g/mol. The fourth-order valence-electron chi connectivity index (χ4n) is 3.26. The van der Waals surface area contributed by atoms with Crippen LogP contribution in [-0.2, 0) is 0 Å². The van der Waals surface area contributed by atoms with Gasteiger partial charge in [0.1, 0.15) is 0 Å². The molecule has 1 aromatic carbocycles. The molecule has 21 heavy (non-hydrogen) atoms. The summed E-state index contributed by atoms with van der Waals surface area (Å²) in [5.74, 6) is -0.758. The maximum atomic E-state index is 14.2. The van der Waals surface area contributed by atoms with Crippen molar-refractivity contribution in [3.8, 4) is 5.75 Å². The number of halogens is 2. The molecular formula is C18H24F2O. The van der Waals surface area contributed by atoms with Crippen molar-refractivity contribution in [2.24, 2.45) is 5.92 Å². The highest BCUT2D eigenvalue weighted by Gasteiger charge is 2.26. The van der Waals surface area contributed by atoms with Crippen LogP contribution >= 0.6 is 0 Å². The second-order valence-corrected chi connectivity index (χ2v) is 5.87. The van der Waals surface area contributed by atoms with Gasteiger partial charge in [0.25, 0.3) is 0 Å². The average Bonchev–Trinajstić information content (AvgIpc) is 2.50. The van der Waals surface area contributed by atoms with Gasteiger partial charge in [-0.05, 0) is 56.1 Å². The zero-order valence-electron chi connectivity index (χ0n) is 12.9. The van der Waals surface area contributed by atoms with Gasteiger partial charge >= 0.3 is 0 Å². The minimum atomic E-state index is -0.874. The monoisotopic (exact) mass is 294 g/mol. The Morgan fingerprint density at radius 2 is 1.86 bits per heavy atom. The molecule has 1 aliphatic carbocycles. The standard InChI is InChI=1S/C18H24F2O/c1-3-5-13-6-8-14(9-7-13)15-10-11-16(21-12-4-2)18(20)17(15)19/h4,10-14H,3,5-9H2,1-2H3. The fraction of sp³-hybridized carbons (Fsp3) is 0.556. The molecule has 0 unspecified atom stereocenters. The quantitative estimate of drug-likeness (QED) is 0.610. The Balaban J connectivity index is 2.09. The number of hydrogen-bond donors (Lipinski definition) is 0. The number of rotatable bonds is 5.